The third-order valence-corrected chi connectivity index (χ3v) is 3.67. The Labute approximate surface area is 114 Å². The number of morpholine rings is 1. The summed E-state index contributed by atoms with van der Waals surface area (Å²) in [6, 6.07) is 9.98. The maximum absolute atomic E-state index is 12.5. The maximum atomic E-state index is 12.5. The van der Waals surface area contributed by atoms with Gasteiger partial charge in [-0.05, 0) is 19.4 Å². The predicted octanol–water partition coefficient (Wildman–Crippen LogP) is 1.57. The smallest absolute Gasteiger partial charge is 0.255 e. The van der Waals surface area contributed by atoms with E-state index < -0.39 is 5.60 Å². The lowest BCUT2D eigenvalue weighted by atomic mass is 9.96. The number of carbonyl (C=O) groups is 1. The topological polar surface area (TPSA) is 49.8 Å². The molecule has 1 N–H and O–H groups in total. The number of ether oxygens (including phenoxy) is 1. The molecule has 0 radical (unpaired) electrons. The third kappa shape index (κ3) is 2.96. The van der Waals surface area contributed by atoms with E-state index in [0.717, 1.165) is 5.56 Å². The van der Waals surface area contributed by atoms with Gasteiger partial charge in [-0.15, -0.1) is 0 Å². The Kier molecular flexibility index (Phi) is 4.22. The van der Waals surface area contributed by atoms with Gasteiger partial charge in [-0.2, -0.15) is 0 Å². The van der Waals surface area contributed by atoms with Crippen molar-refractivity contribution >= 4 is 5.91 Å². The van der Waals surface area contributed by atoms with Crippen LogP contribution in [0.5, 0.6) is 0 Å². The van der Waals surface area contributed by atoms with Gasteiger partial charge in [0, 0.05) is 19.6 Å². The molecule has 19 heavy (non-hydrogen) atoms. The lowest BCUT2D eigenvalue weighted by molar-refractivity contribution is -0.179. The van der Waals surface area contributed by atoms with Crippen LogP contribution in [0.1, 0.15) is 25.8 Å². The minimum absolute atomic E-state index is 0.0378. The summed E-state index contributed by atoms with van der Waals surface area (Å²) in [5.41, 5.74) is 0.215. The summed E-state index contributed by atoms with van der Waals surface area (Å²) in [7, 11) is 0. The second-order valence-electron chi connectivity index (χ2n) is 5.28. The number of carbonyl (C=O) groups excluding carboxylic acids is 1. The van der Waals surface area contributed by atoms with Crippen LogP contribution in [-0.4, -0.2) is 40.8 Å². The SMILES string of the molecule is C[C@@H]1CO[C@@](C)(CCO)C(=O)N1Cc1ccccc1. The summed E-state index contributed by atoms with van der Waals surface area (Å²) in [5, 5.41) is 9.09. The average molecular weight is 263 g/mol. The second kappa shape index (κ2) is 5.72. The molecule has 1 amide bonds. The molecule has 2 atom stereocenters. The summed E-state index contributed by atoms with van der Waals surface area (Å²) in [6.07, 6.45) is 0.337. The standard InChI is InChI=1S/C15H21NO3/c1-12-11-19-15(2,8-9-17)14(18)16(12)10-13-6-4-3-5-7-13/h3-7,12,17H,8-11H2,1-2H3/t12-,15+/m1/s1. The Morgan fingerprint density at radius 3 is 2.74 bits per heavy atom. The molecule has 1 aliphatic rings. The normalized spacial score (nSPS) is 27.6. The fourth-order valence-corrected chi connectivity index (χ4v) is 2.36. The zero-order valence-electron chi connectivity index (χ0n) is 11.5. The molecule has 1 aromatic carbocycles. The van der Waals surface area contributed by atoms with E-state index in [0.29, 0.717) is 19.6 Å². The molecule has 1 aliphatic heterocycles. The molecule has 1 fully saturated rings. The molecule has 0 unspecified atom stereocenters. The molecule has 104 valence electrons. The van der Waals surface area contributed by atoms with Crippen molar-refractivity contribution in [1.82, 2.24) is 4.90 Å². The number of benzene rings is 1. The molecule has 0 aromatic heterocycles. The highest BCUT2D eigenvalue weighted by Crippen LogP contribution is 2.27. The zero-order chi connectivity index (χ0) is 13.9. The highest BCUT2D eigenvalue weighted by atomic mass is 16.5. The van der Waals surface area contributed by atoms with Crippen molar-refractivity contribution in [2.24, 2.45) is 0 Å². The van der Waals surface area contributed by atoms with Crippen molar-refractivity contribution in [3.05, 3.63) is 35.9 Å². The van der Waals surface area contributed by atoms with E-state index in [-0.39, 0.29) is 18.6 Å². The largest absolute Gasteiger partial charge is 0.396 e. The van der Waals surface area contributed by atoms with E-state index in [1.165, 1.54) is 0 Å². The van der Waals surface area contributed by atoms with Crippen LogP contribution in [0.2, 0.25) is 0 Å². The second-order valence-corrected chi connectivity index (χ2v) is 5.28. The van der Waals surface area contributed by atoms with Crippen LogP contribution in [0, 0.1) is 0 Å². The first-order chi connectivity index (χ1) is 9.07. The summed E-state index contributed by atoms with van der Waals surface area (Å²) < 4.78 is 5.65. The lowest BCUT2D eigenvalue weighted by Crippen LogP contribution is -2.58. The summed E-state index contributed by atoms with van der Waals surface area (Å²) in [6.45, 7) is 4.80. The minimum atomic E-state index is -0.893. The average Bonchev–Trinajstić information content (AvgIpc) is 2.41. The van der Waals surface area contributed by atoms with Crippen LogP contribution in [0.15, 0.2) is 30.3 Å². The first kappa shape index (κ1) is 14.0. The summed E-state index contributed by atoms with van der Waals surface area (Å²) >= 11 is 0. The Hall–Kier alpha value is -1.39. The highest BCUT2D eigenvalue weighted by molar-refractivity contribution is 5.85. The van der Waals surface area contributed by atoms with Crippen LogP contribution in [-0.2, 0) is 16.1 Å². The van der Waals surface area contributed by atoms with E-state index >= 15 is 0 Å². The van der Waals surface area contributed by atoms with Crippen LogP contribution in [0.4, 0.5) is 0 Å². The Morgan fingerprint density at radius 2 is 2.11 bits per heavy atom. The number of hydrogen-bond donors (Lipinski definition) is 1. The quantitative estimate of drug-likeness (QED) is 0.897. The van der Waals surface area contributed by atoms with E-state index in [2.05, 4.69) is 0 Å². The fourth-order valence-electron chi connectivity index (χ4n) is 2.36. The van der Waals surface area contributed by atoms with Gasteiger partial charge < -0.3 is 14.7 Å². The molecule has 0 spiro atoms. The zero-order valence-corrected chi connectivity index (χ0v) is 11.5. The van der Waals surface area contributed by atoms with Gasteiger partial charge in [-0.3, -0.25) is 4.79 Å². The van der Waals surface area contributed by atoms with E-state index in [9.17, 15) is 4.79 Å². The van der Waals surface area contributed by atoms with Crippen molar-refractivity contribution in [3.63, 3.8) is 0 Å². The van der Waals surface area contributed by atoms with Gasteiger partial charge in [0.15, 0.2) is 0 Å². The Morgan fingerprint density at radius 1 is 1.42 bits per heavy atom. The first-order valence-electron chi connectivity index (χ1n) is 6.66. The molecule has 1 aromatic rings. The van der Waals surface area contributed by atoms with Crippen LogP contribution >= 0.6 is 0 Å². The molecular formula is C15H21NO3. The van der Waals surface area contributed by atoms with Crippen LogP contribution < -0.4 is 0 Å². The highest BCUT2D eigenvalue weighted by Gasteiger charge is 2.43. The summed E-state index contributed by atoms with van der Waals surface area (Å²) in [5.74, 6) is -0.0378. The van der Waals surface area contributed by atoms with Crippen LogP contribution in [0.25, 0.3) is 0 Å². The Balaban J connectivity index is 2.15. The van der Waals surface area contributed by atoms with Gasteiger partial charge >= 0.3 is 0 Å². The number of aliphatic hydroxyl groups excluding tert-OH is 1. The molecule has 4 heteroatoms. The lowest BCUT2D eigenvalue weighted by Gasteiger charge is -2.43. The third-order valence-electron chi connectivity index (χ3n) is 3.67. The molecule has 2 rings (SSSR count). The predicted molar refractivity (Wildman–Crippen MR) is 72.5 cm³/mol. The van der Waals surface area contributed by atoms with Crippen molar-refractivity contribution in [2.45, 2.75) is 38.5 Å². The number of rotatable bonds is 4. The maximum Gasteiger partial charge on any atom is 0.255 e. The first-order valence-corrected chi connectivity index (χ1v) is 6.66. The van der Waals surface area contributed by atoms with Gasteiger partial charge in [0.2, 0.25) is 0 Å². The van der Waals surface area contributed by atoms with Gasteiger partial charge in [-0.1, -0.05) is 30.3 Å². The van der Waals surface area contributed by atoms with Crippen molar-refractivity contribution in [1.29, 1.82) is 0 Å². The van der Waals surface area contributed by atoms with Crippen molar-refractivity contribution in [3.8, 4) is 0 Å². The monoisotopic (exact) mass is 263 g/mol. The molecular weight excluding hydrogens is 242 g/mol. The molecule has 1 saturated heterocycles. The van der Waals surface area contributed by atoms with Gasteiger partial charge in [0.05, 0.1) is 12.6 Å². The van der Waals surface area contributed by atoms with E-state index in [1.54, 1.807) is 6.92 Å². The van der Waals surface area contributed by atoms with E-state index in [4.69, 9.17) is 9.84 Å². The fraction of sp³-hybridized carbons (Fsp3) is 0.533. The Bertz CT molecular complexity index is 434. The number of amides is 1. The van der Waals surface area contributed by atoms with Gasteiger partial charge in [-0.25, -0.2) is 0 Å². The number of aliphatic hydroxyl groups is 1. The molecule has 4 nitrogen and oxygen atoms in total. The molecule has 0 aliphatic carbocycles. The molecule has 0 saturated carbocycles. The van der Waals surface area contributed by atoms with Crippen LogP contribution in [0.3, 0.4) is 0 Å². The molecule has 1 heterocycles. The number of nitrogens with zero attached hydrogens (tertiary/aromatic N) is 1. The van der Waals surface area contributed by atoms with Crippen molar-refractivity contribution in [2.75, 3.05) is 13.2 Å². The number of hydrogen-bond acceptors (Lipinski definition) is 3. The van der Waals surface area contributed by atoms with Crippen molar-refractivity contribution < 1.29 is 14.6 Å². The van der Waals surface area contributed by atoms with E-state index in [1.807, 2.05) is 42.2 Å². The summed E-state index contributed by atoms with van der Waals surface area (Å²) in [4.78, 5) is 14.4. The molecule has 0 bridgehead atoms. The van der Waals surface area contributed by atoms with Gasteiger partial charge in [0.1, 0.15) is 5.60 Å². The van der Waals surface area contributed by atoms with Gasteiger partial charge in [0.25, 0.3) is 5.91 Å². The minimum Gasteiger partial charge on any atom is -0.396 e.